The van der Waals surface area contributed by atoms with Crippen LogP contribution in [0.15, 0.2) is 77.7 Å². The van der Waals surface area contributed by atoms with Crippen molar-refractivity contribution < 1.29 is 27.8 Å². The van der Waals surface area contributed by atoms with E-state index in [1.54, 1.807) is 11.8 Å². The first-order valence-electron chi connectivity index (χ1n) is 11.5. The fraction of sp³-hybridized carbons (Fsp3) is 0.214. The van der Waals surface area contributed by atoms with Gasteiger partial charge in [0.2, 0.25) is 0 Å². The van der Waals surface area contributed by atoms with Gasteiger partial charge in [0.1, 0.15) is 17.4 Å². The van der Waals surface area contributed by atoms with Crippen LogP contribution in [0.4, 0.5) is 13.2 Å². The molecule has 4 nitrogen and oxygen atoms in total. The van der Waals surface area contributed by atoms with E-state index in [4.69, 9.17) is 14.8 Å². The molecule has 3 aromatic carbocycles. The summed E-state index contributed by atoms with van der Waals surface area (Å²) < 4.78 is 44.9. The van der Waals surface area contributed by atoms with E-state index < -0.39 is 17.7 Å². The number of hydrogen-bond acceptors (Lipinski definition) is 5. The minimum Gasteiger partial charge on any atom is -0.487 e. The topological polar surface area (TPSA) is 59.4 Å². The van der Waals surface area contributed by atoms with Gasteiger partial charge in [0.15, 0.2) is 0 Å². The molecule has 0 bridgehead atoms. The second-order valence-corrected chi connectivity index (χ2v) is 10.5. The van der Waals surface area contributed by atoms with Gasteiger partial charge in [0, 0.05) is 27.5 Å². The molecule has 9 heteroatoms. The first-order valence-corrected chi connectivity index (χ1v) is 13.3. The molecule has 0 aliphatic carbocycles. The van der Waals surface area contributed by atoms with E-state index in [9.17, 15) is 18.0 Å². The van der Waals surface area contributed by atoms with Gasteiger partial charge in [-0.1, -0.05) is 36.4 Å². The molecule has 37 heavy (non-hydrogen) atoms. The zero-order valence-corrected chi connectivity index (χ0v) is 21.6. The van der Waals surface area contributed by atoms with Crippen LogP contribution in [-0.4, -0.2) is 16.1 Å². The molecule has 0 atom stereocenters. The number of thiazole rings is 1. The average Bonchev–Trinajstić information content (AvgIpc) is 3.29. The highest BCUT2D eigenvalue weighted by Gasteiger charge is 2.30. The predicted octanol–water partition coefficient (Wildman–Crippen LogP) is 8.03. The van der Waals surface area contributed by atoms with Gasteiger partial charge in [-0.3, -0.25) is 4.79 Å². The molecule has 1 aromatic heterocycles. The highest BCUT2D eigenvalue weighted by atomic mass is 32.2. The normalized spacial score (nSPS) is 11.5. The Morgan fingerprint density at radius 1 is 1.05 bits per heavy atom. The highest BCUT2D eigenvalue weighted by molar-refractivity contribution is 7.98. The fourth-order valence-electron chi connectivity index (χ4n) is 3.63. The van der Waals surface area contributed by atoms with Crippen LogP contribution < -0.4 is 4.74 Å². The van der Waals surface area contributed by atoms with Gasteiger partial charge in [-0.05, 0) is 60.9 Å². The van der Waals surface area contributed by atoms with Crippen LogP contribution in [0.3, 0.4) is 0 Å². The Labute approximate surface area is 221 Å². The predicted molar refractivity (Wildman–Crippen MR) is 140 cm³/mol. The molecule has 192 valence electrons. The highest BCUT2D eigenvalue weighted by Crippen LogP contribution is 2.36. The maximum Gasteiger partial charge on any atom is 0.416 e. The Morgan fingerprint density at radius 3 is 2.43 bits per heavy atom. The van der Waals surface area contributed by atoms with Crippen molar-refractivity contribution in [1.29, 1.82) is 0 Å². The van der Waals surface area contributed by atoms with Crippen molar-refractivity contribution in [2.75, 3.05) is 0 Å². The number of aromatic nitrogens is 1. The second-order valence-electron chi connectivity index (χ2n) is 8.34. The number of benzene rings is 3. The minimum absolute atomic E-state index is 0.0890. The average molecular weight is 544 g/mol. The number of aryl methyl sites for hydroxylation is 2. The van der Waals surface area contributed by atoms with Gasteiger partial charge < -0.3 is 9.84 Å². The molecule has 4 aromatic rings. The van der Waals surface area contributed by atoms with Gasteiger partial charge in [0.05, 0.1) is 11.3 Å². The molecule has 0 aliphatic heterocycles. The summed E-state index contributed by atoms with van der Waals surface area (Å²) in [7, 11) is 0. The van der Waals surface area contributed by atoms with Crippen LogP contribution in [0.25, 0.3) is 10.6 Å². The Kier molecular flexibility index (Phi) is 8.56. The van der Waals surface area contributed by atoms with Crippen LogP contribution in [-0.2, 0) is 29.8 Å². The number of aliphatic carboxylic acids is 1. The second kappa shape index (κ2) is 11.8. The minimum atomic E-state index is -4.39. The number of hydrogen-bond donors (Lipinski definition) is 1. The zero-order valence-electron chi connectivity index (χ0n) is 19.9. The lowest BCUT2D eigenvalue weighted by atomic mass is 10.0. The lowest BCUT2D eigenvalue weighted by molar-refractivity contribution is -0.138. The number of alkyl halides is 3. The van der Waals surface area contributed by atoms with E-state index >= 15 is 0 Å². The smallest absolute Gasteiger partial charge is 0.416 e. The van der Waals surface area contributed by atoms with E-state index in [2.05, 4.69) is 0 Å². The third-order valence-electron chi connectivity index (χ3n) is 5.65. The third kappa shape index (κ3) is 7.36. The molecular formula is C28H24F3NO3S2. The van der Waals surface area contributed by atoms with Crippen LogP contribution in [0, 0.1) is 6.92 Å². The quantitative estimate of drug-likeness (QED) is 0.205. The number of halogens is 3. The van der Waals surface area contributed by atoms with Crippen molar-refractivity contribution in [3.8, 4) is 16.3 Å². The van der Waals surface area contributed by atoms with E-state index in [-0.39, 0.29) is 13.0 Å². The summed E-state index contributed by atoms with van der Waals surface area (Å²) >= 11 is 3.06. The van der Waals surface area contributed by atoms with Gasteiger partial charge in [0.25, 0.3) is 0 Å². The zero-order chi connectivity index (χ0) is 26.4. The van der Waals surface area contributed by atoms with Gasteiger partial charge in [-0.15, -0.1) is 23.1 Å². The molecule has 0 unspecified atom stereocenters. The molecule has 4 rings (SSSR count). The SMILES string of the molecule is Cc1cc(SCc2sc(-c3ccc(C(F)(F)F)cc3)nc2COc2ccccc2)ccc1CCC(=O)O. The first kappa shape index (κ1) is 26.8. The van der Waals surface area contributed by atoms with E-state index in [0.29, 0.717) is 28.5 Å². The number of rotatable bonds is 10. The van der Waals surface area contributed by atoms with Crippen molar-refractivity contribution in [3.05, 3.63) is 100 Å². The molecule has 0 spiro atoms. The molecule has 0 saturated heterocycles. The first-order chi connectivity index (χ1) is 17.7. The summed E-state index contributed by atoms with van der Waals surface area (Å²) in [6, 6.07) is 20.4. The number of nitrogens with zero attached hydrogens (tertiary/aromatic N) is 1. The molecular weight excluding hydrogens is 519 g/mol. The molecule has 0 aliphatic rings. The maximum atomic E-state index is 13.0. The van der Waals surface area contributed by atoms with Crippen LogP contribution >= 0.6 is 23.1 Å². The van der Waals surface area contributed by atoms with Crippen LogP contribution in [0.1, 0.15) is 33.7 Å². The largest absolute Gasteiger partial charge is 0.487 e. The summed E-state index contributed by atoms with van der Waals surface area (Å²) in [5.74, 6) is 0.495. The van der Waals surface area contributed by atoms with Crippen molar-refractivity contribution in [2.24, 2.45) is 0 Å². The van der Waals surface area contributed by atoms with Crippen LogP contribution in [0.2, 0.25) is 0 Å². The number of ether oxygens (including phenoxy) is 1. The van der Waals surface area contributed by atoms with Crippen molar-refractivity contribution >= 4 is 29.1 Å². The van der Waals surface area contributed by atoms with Crippen molar-refractivity contribution in [3.63, 3.8) is 0 Å². The number of carboxylic acids is 1. The monoisotopic (exact) mass is 543 g/mol. The fourth-order valence-corrected chi connectivity index (χ4v) is 5.80. The molecule has 0 fully saturated rings. The molecule has 0 saturated carbocycles. The standard InChI is InChI=1S/C28H24F3NO3S2/c1-18-15-23(13-9-19(18)10-14-26(33)34)36-17-25-24(16-35-22-5-3-2-4-6-22)32-27(37-25)20-7-11-21(12-8-20)28(29,30)31/h2-9,11-13,15H,10,14,16-17H2,1H3,(H,33,34). The molecule has 1 N–H and O–H groups in total. The van der Waals surface area contributed by atoms with E-state index in [1.807, 2.05) is 55.5 Å². The van der Waals surface area contributed by atoms with Gasteiger partial charge in [-0.2, -0.15) is 13.2 Å². The number of carbonyl (C=O) groups is 1. The van der Waals surface area contributed by atoms with E-state index in [0.717, 1.165) is 38.7 Å². The summed E-state index contributed by atoms with van der Waals surface area (Å²) in [6.07, 6.45) is -3.82. The number of thioether (sulfide) groups is 1. The third-order valence-corrected chi connectivity index (χ3v) is 8.00. The summed E-state index contributed by atoms with van der Waals surface area (Å²) in [4.78, 5) is 17.6. The Hall–Kier alpha value is -3.30. The number of para-hydroxylation sites is 1. The lowest BCUT2D eigenvalue weighted by Gasteiger charge is -2.08. The lowest BCUT2D eigenvalue weighted by Crippen LogP contribution is -2.04. The van der Waals surface area contributed by atoms with Gasteiger partial charge >= 0.3 is 12.1 Å². The Morgan fingerprint density at radius 2 is 1.78 bits per heavy atom. The van der Waals surface area contributed by atoms with Crippen LogP contribution in [0.5, 0.6) is 5.75 Å². The van der Waals surface area contributed by atoms with Crippen molar-refractivity contribution in [1.82, 2.24) is 4.98 Å². The summed E-state index contributed by atoms with van der Waals surface area (Å²) in [5.41, 5.74) is 2.71. The Balaban J connectivity index is 1.53. The van der Waals surface area contributed by atoms with E-state index in [1.165, 1.54) is 23.5 Å². The summed E-state index contributed by atoms with van der Waals surface area (Å²) in [5, 5.41) is 9.57. The molecule has 1 heterocycles. The maximum absolute atomic E-state index is 13.0. The van der Waals surface area contributed by atoms with Gasteiger partial charge in [-0.25, -0.2) is 4.98 Å². The number of carboxylic acid groups (broad SMARTS) is 1. The Bertz CT molecular complexity index is 1350. The molecule has 0 amide bonds. The summed E-state index contributed by atoms with van der Waals surface area (Å²) in [6.45, 7) is 2.21. The van der Waals surface area contributed by atoms with Crippen molar-refractivity contribution in [2.45, 2.75) is 43.2 Å². The molecule has 0 radical (unpaired) electrons.